The van der Waals surface area contributed by atoms with Crippen LogP contribution in [-0.4, -0.2) is 25.8 Å². The van der Waals surface area contributed by atoms with Crippen LogP contribution in [-0.2, 0) is 10.2 Å². The Balaban J connectivity index is 1.94. The average Bonchev–Trinajstić information content (AvgIpc) is 2.32. The second-order valence-electron chi connectivity index (χ2n) is 5.97. The van der Waals surface area contributed by atoms with E-state index in [4.69, 9.17) is 4.74 Å². The van der Waals surface area contributed by atoms with Crippen LogP contribution in [0.15, 0.2) is 18.2 Å². The van der Waals surface area contributed by atoms with Gasteiger partial charge in [0.15, 0.2) is 0 Å². The highest BCUT2D eigenvalue weighted by molar-refractivity contribution is 5.39. The maximum absolute atomic E-state index is 5.59. The number of hydrogen-bond acceptors (Lipinski definition) is 2. The first-order valence-electron chi connectivity index (χ1n) is 7.11. The van der Waals surface area contributed by atoms with Crippen LogP contribution in [0.4, 0.5) is 0 Å². The van der Waals surface area contributed by atoms with Crippen molar-refractivity contribution >= 4 is 0 Å². The van der Waals surface area contributed by atoms with Crippen molar-refractivity contribution in [2.45, 2.75) is 44.6 Å². The summed E-state index contributed by atoms with van der Waals surface area (Å²) in [7, 11) is 0. The van der Waals surface area contributed by atoms with Gasteiger partial charge in [-0.25, -0.2) is 0 Å². The first-order valence-corrected chi connectivity index (χ1v) is 7.11. The summed E-state index contributed by atoms with van der Waals surface area (Å²) in [5.74, 6) is 0. The Kier molecular flexibility index (Phi) is 3.16. The molecule has 2 aliphatic heterocycles. The van der Waals surface area contributed by atoms with Crippen LogP contribution in [0, 0.1) is 13.8 Å². The van der Waals surface area contributed by atoms with E-state index in [-0.39, 0.29) is 5.41 Å². The molecule has 0 amide bonds. The number of rotatable bonds is 2. The van der Waals surface area contributed by atoms with E-state index in [9.17, 15) is 0 Å². The van der Waals surface area contributed by atoms with Gasteiger partial charge < -0.3 is 10.1 Å². The molecule has 1 N–H and O–H groups in total. The third-order valence-electron chi connectivity index (χ3n) is 4.61. The van der Waals surface area contributed by atoms with Gasteiger partial charge in [-0.1, -0.05) is 30.2 Å². The predicted molar refractivity (Wildman–Crippen MR) is 74.1 cm³/mol. The zero-order valence-corrected chi connectivity index (χ0v) is 11.5. The van der Waals surface area contributed by atoms with Crippen LogP contribution in [0.5, 0.6) is 0 Å². The zero-order chi connectivity index (χ0) is 12.6. The van der Waals surface area contributed by atoms with Gasteiger partial charge in [0.05, 0.1) is 18.6 Å². The lowest BCUT2D eigenvalue weighted by Gasteiger charge is -2.50. The SMILES string of the molecule is Cc1ccc(C2(C3CCCCN3)COC2)c(C)c1. The quantitative estimate of drug-likeness (QED) is 0.865. The maximum atomic E-state index is 5.59. The molecule has 2 saturated heterocycles. The van der Waals surface area contributed by atoms with Gasteiger partial charge in [-0.15, -0.1) is 0 Å². The van der Waals surface area contributed by atoms with Crippen LogP contribution in [0.1, 0.15) is 36.0 Å². The number of hydrogen-bond donors (Lipinski definition) is 1. The van der Waals surface area contributed by atoms with Gasteiger partial charge in [0.25, 0.3) is 0 Å². The molecule has 0 saturated carbocycles. The molecule has 0 bridgehead atoms. The van der Waals surface area contributed by atoms with Crippen LogP contribution in [0.3, 0.4) is 0 Å². The molecule has 0 spiro atoms. The Bertz CT molecular complexity index is 431. The van der Waals surface area contributed by atoms with Crippen molar-refractivity contribution in [3.63, 3.8) is 0 Å². The smallest absolute Gasteiger partial charge is 0.0600 e. The van der Waals surface area contributed by atoms with Crippen LogP contribution >= 0.6 is 0 Å². The number of ether oxygens (including phenoxy) is 1. The highest BCUT2D eigenvalue weighted by atomic mass is 16.5. The van der Waals surface area contributed by atoms with Crippen molar-refractivity contribution in [2.24, 2.45) is 0 Å². The minimum atomic E-state index is 0.234. The molecular weight excluding hydrogens is 222 g/mol. The number of benzene rings is 1. The normalized spacial score (nSPS) is 26.7. The van der Waals surface area contributed by atoms with Crippen molar-refractivity contribution in [1.82, 2.24) is 5.32 Å². The van der Waals surface area contributed by atoms with E-state index >= 15 is 0 Å². The largest absolute Gasteiger partial charge is 0.379 e. The molecule has 1 atom stereocenters. The topological polar surface area (TPSA) is 21.3 Å². The van der Waals surface area contributed by atoms with Gasteiger partial charge in [0.1, 0.15) is 0 Å². The van der Waals surface area contributed by atoms with E-state index in [1.54, 1.807) is 0 Å². The summed E-state index contributed by atoms with van der Waals surface area (Å²) in [6.45, 7) is 7.34. The Hall–Kier alpha value is -0.860. The molecule has 1 unspecified atom stereocenters. The van der Waals surface area contributed by atoms with Gasteiger partial charge >= 0.3 is 0 Å². The lowest BCUT2D eigenvalue weighted by molar-refractivity contribution is -0.0830. The summed E-state index contributed by atoms with van der Waals surface area (Å²) >= 11 is 0. The Morgan fingerprint density at radius 1 is 1.22 bits per heavy atom. The zero-order valence-electron chi connectivity index (χ0n) is 11.5. The van der Waals surface area contributed by atoms with Crippen LogP contribution in [0.2, 0.25) is 0 Å². The predicted octanol–water partition coefficient (Wildman–Crippen LogP) is 2.71. The van der Waals surface area contributed by atoms with Crippen LogP contribution < -0.4 is 5.32 Å². The van der Waals surface area contributed by atoms with Crippen LogP contribution in [0.25, 0.3) is 0 Å². The second kappa shape index (κ2) is 4.67. The summed E-state index contributed by atoms with van der Waals surface area (Å²) in [5.41, 5.74) is 4.51. The number of aryl methyl sites for hydroxylation is 2. The number of nitrogens with one attached hydrogen (secondary N) is 1. The van der Waals surface area contributed by atoms with Gasteiger partial charge in [0.2, 0.25) is 0 Å². The van der Waals surface area contributed by atoms with E-state index in [2.05, 4.69) is 37.4 Å². The summed E-state index contributed by atoms with van der Waals surface area (Å²) in [5, 5.41) is 3.72. The molecule has 0 aromatic heterocycles. The highest BCUT2D eigenvalue weighted by Crippen LogP contribution is 2.40. The molecule has 2 heteroatoms. The fraction of sp³-hybridized carbons (Fsp3) is 0.625. The fourth-order valence-electron chi connectivity index (χ4n) is 3.56. The van der Waals surface area contributed by atoms with E-state index < -0.39 is 0 Å². The van der Waals surface area contributed by atoms with Gasteiger partial charge in [0, 0.05) is 6.04 Å². The van der Waals surface area contributed by atoms with Gasteiger partial charge in [-0.3, -0.25) is 0 Å². The van der Waals surface area contributed by atoms with Crippen molar-refractivity contribution in [3.05, 3.63) is 34.9 Å². The molecule has 0 radical (unpaired) electrons. The Morgan fingerprint density at radius 3 is 2.61 bits per heavy atom. The summed E-state index contributed by atoms with van der Waals surface area (Å²) in [4.78, 5) is 0. The van der Waals surface area contributed by atoms with Crippen molar-refractivity contribution in [3.8, 4) is 0 Å². The standard InChI is InChI=1S/C16H23NO/c1-12-6-7-14(13(2)9-12)16(10-18-11-16)15-5-3-4-8-17-15/h6-7,9,15,17H,3-5,8,10-11H2,1-2H3. The van der Waals surface area contributed by atoms with E-state index in [0.29, 0.717) is 6.04 Å². The van der Waals surface area contributed by atoms with Crippen molar-refractivity contribution < 1.29 is 4.74 Å². The van der Waals surface area contributed by atoms with Crippen molar-refractivity contribution in [1.29, 1.82) is 0 Å². The lowest BCUT2D eigenvalue weighted by atomic mass is 9.68. The van der Waals surface area contributed by atoms with Gasteiger partial charge in [-0.2, -0.15) is 0 Å². The van der Waals surface area contributed by atoms with Gasteiger partial charge in [-0.05, 0) is 44.4 Å². The minimum absolute atomic E-state index is 0.234. The summed E-state index contributed by atoms with van der Waals surface area (Å²) < 4.78 is 5.59. The molecule has 2 fully saturated rings. The summed E-state index contributed by atoms with van der Waals surface area (Å²) in [6, 6.07) is 7.47. The van der Waals surface area contributed by atoms with E-state index in [1.165, 1.54) is 36.0 Å². The molecule has 1 aromatic rings. The molecule has 2 aliphatic rings. The van der Waals surface area contributed by atoms with Crippen molar-refractivity contribution in [2.75, 3.05) is 19.8 Å². The third kappa shape index (κ3) is 1.88. The minimum Gasteiger partial charge on any atom is -0.379 e. The molecule has 18 heavy (non-hydrogen) atoms. The molecule has 2 nitrogen and oxygen atoms in total. The molecule has 0 aliphatic carbocycles. The Morgan fingerprint density at radius 2 is 2.06 bits per heavy atom. The first-order chi connectivity index (χ1) is 8.72. The fourth-order valence-corrected chi connectivity index (χ4v) is 3.56. The lowest BCUT2D eigenvalue weighted by Crippen LogP contribution is -2.61. The monoisotopic (exact) mass is 245 g/mol. The second-order valence-corrected chi connectivity index (χ2v) is 5.97. The highest BCUT2D eigenvalue weighted by Gasteiger charge is 2.47. The molecule has 2 heterocycles. The maximum Gasteiger partial charge on any atom is 0.0600 e. The molecule has 3 rings (SSSR count). The molecular formula is C16H23NO. The first kappa shape index (κ1) is 12.2. The Labute approximate surface area is 110 Å². The average molecular weight is 245 g/mol. The number of piperidine rings is 1. The summed E-state index contributed by atoms with van der Waals surface area (Å²) in [6.07, 6.45) is 3.96. The van der Waals surface area contributed by atoms with E-state index in [0.717, 1.165) is 19.8 Å². The molecule has 98 valence electrons. The molecule has 1 aromatic carbocycles. The van der Waals surface area contributed by atoms with E-state index in [1.807, 2.05) is 0 Å². The third-order valence-corrected chi connectivity index (χ3v) is 4.61.